The van der Waals surface area contributed by atoms with Gasteiger partial charge in [-0.3, -0.25) is 0 Å². The molecule has 31 heteroatoms. The average molecular weight is 997 g/mol. The fourth-order valence-corrected chi connectivity index (χ4v) is 0.658. The van der Waals surface area contributed by atoms with Crippen molar-refractivity contribution in [2.75, 3.05) is 52.4 Å². The molecule has 0 amide bonds. The zero-order chi connectivity index (χ0) is 46.8. The van der Waals surface area contributed by atoms with Crippen LogP contribution in [0.25, 0.3) is 0 Å². The molecule has 0 aromatic heterocycles. The van der Waals surface area contributed by atoms with E-state index in [9.17, 15) is 0 Å². The smallest absolute Gasteiger partial charge is 0.550 e. The Morgan fingerprint density at radius 2 is 0.322 bits per heavy atom. The van der Waals surface area contributed by atoms with Crippen LogP contribution in [-0.4, -0.2) is 301 Å². The molecule has 0 radical (unpaired) electrons. The molecule has 0 aromatic carbocycles. The van der Waals surface area contributed by atoms with Crippen LogP contribution in [0.4, 0.5) is 0 Å². The van der Waals surface area contributed by atoms with E-state index in [1.807, 2.05) is 0 Å². The van der Waals surface area contributed by atoms with E-state index in [4.69, 9.17) is 122 Å². The monoisotopic (exact) mass is 996 g/mol. The third-order valence-electron chi connectivity index (χ3n) is 1.28. The minimum absolute atomic E-state index is 0. The summed E-state index contributed by atoms with van der Waals surface area (Å²) in [4.78, 5) is 88.9. The predicted octanol–water partition coefficient (Wildman–Crippen LogP) is -17.4. The average Bonchev–Trinajstić information content (AvgIpc) is 2.86. The van der Waals surface area contributed by atoms with Crippen LogP contribution in [0.15, 0.2) is 0 Å². The maximum absolute atomic E-state index is 8.89. The Bertz CT molecular complexity index is 660. The normalized spacial score (nSPS) is 6.47. The quantitative estimate of drug-likeness (QED) is 0.0971. The molecule has 0 aliphatic carbocycles. The number of nitrogens with two attached hydrogens (primary N) is 4. The fourth-order valence-electron chi connectivity index (χ4n) is 0.658. The molecule has 0 fully saturated rings. The zero-order valence-corrected chi connectivity index (χ0v) is 46.7. The third-order valence-corrected chi connectivity index (χ3v) is 1.28. The molecule has 0 unspecified atom stereocenters. The molecular formula is C28H56Ca5N6O20. The van der Waals surface area contributed by atoms with Gasteiger partial charge in [0.25, 0.3) is 0 Å². The minimum atomic E-state index is -1.08. The summed E-state index contributed by atoms with van der Waals surface area (Å²) in [5.74, 6) is -10.8. The Morgan fingerprint density at radius 3 is 0.356 bits per heavy atom. The fraction of sp³-hybridized carbons (Fsp3) is 0.643. The first-order chi connectivity index (χ1) is 24.1. The Hall–Kier alpha value is 0.759. The van der Waals surface area contributed by atoms with Crippen molar-refractivity contribution < 1.29 is 99.0 Å². The summed E-state index contributed by atoms with van der Waals surface area (Å²) in [6, 6.07) is 0. The molecule has 328 valence electrons. The number of hydrogen-bond donors (Lipinski definition) is 6. The molecule has 0 aliphatic heterocycles. The van der Waals surface area contributed by atoms with E-state index in [1.54, 1.807) is 0 Å². The van der Waals surface area contributed by atoms with Crippen LogP contribution >= 0.6 is 0 Å². The molecule has 59 heavy (non-hydrogen) atoms. The van der Waals surface area contributed by atoms with Gasteiger partial charge in [-0.2, -0.15) is 0 Å². The molecule has 10 N–H and O–H groups in total. The van der Waals surface area contributed by atoms with E-state index >= 15 is 0 Å². The number of hydrogen-bond acceptors (Lipinski definition) is 26. The molecule has 0 atom stereocenters. The van der Waals surface area contributed by atoms with E-state index in [-0.39, 0.29) is 189 Å². The number of aliphatic carboxylic acids is 10. The Balaban J connectivity index is -0.0000000217. The number of nitrogens with one attached hydrogen (secondary N) is 2. The molecule has 0 spiro atoms. The second-order valence-corrected chi connectivity index (χ2v) is 7.57. The van der Waals surface area contributed by atoms with Crippen LogP contribution in [0.3, 0.4) is 0 Å². The summed E-state index contributed by atoms with van der Waals surface area (Å²) in [7, 11) is 0. The van der Waals surface area contributed by atoms with Crippen LogP contribution in [0.5, 0.6) is 0 Å². The Kier molecular flexibility index (Phi) is 226. The van der Waals surface area contributed by atoms with Crippen molar-refractivity contribution in [1.29, 1.82) is 0 Å². The van der Waals surface area contributed by atoms with Crippen molar-refractivity contribution in [2.45, 2.75) is 69.2 Å². The van der Waals surface area contributed by atoms with Gasteiger partial charge in [-0.25, -0.2) is 0 Å². The van der Waals surface area contributed by atoms with Gasteiger partial charge in [0.2, 0.25) is 0 Å². The third kappa shape index (κ3) is 2470. The molecule has 0 heterocycles. The zero-order valence-electron chi connectivity index (χ0n) is 35.7. The van der Waals surface area contributed by atoms with E-state index in [0.717, 1.165) is 95.4 Å². The molecule has 26 nitrogen and oxygen atoms in total. The first kappa shape index (κ1) is 113. The van der Waals surface area contributed by atoms with Gasteiger partial charge >= 0.3 is 189 Å². The molecule has 0 aromatic rings. The largest absolute Gasteiger partial charge is 2.00 e. The molecule has 0 saturated heterocycles. The van der Waals surface area contributed by atoms with Crippen molar-refractivity contribution >= 4 is 248 Å². The summed E-state index contributed by atoms with van der Waals surface area (Å²) in [5, 5.41) is 95.0. The van der Waals surface area contributed by atoms with E-state index in [2.05, 4.69) is 10.6 Å². The van der Waals surface area contributed by atoms with Gasteiger partial charge in [-0.1, -0.05) is 0 Å². The number of carboxylic acids is 10. The van der Waals surface area contributed by atoms with Crippen molar-refractivity contribution in [3.05, 3.63) is 0 Å². The van der Waals surface area contributed by atoms with Crippen molar-refractivity contribution in [3.63, 3.8) is 0 Å². The first-order valence-electron chi connectivity index (χ1n) is 14.1. The van der Waals surface area contributed by atoms with Crippen LogP contribution in [0.2, 0.25) is 0 Å². The molecule has 0 bridgehead atoms. The SMILES string of the molecule is CC(=O)[O-].CC(=O)[O-].CC(=O)[O-].CC(=O)[O-].CC(=O)[O-].CC(=O)[O-].CC(=O)[O-].CC(=O)[O-].CC(=O)[O-].CC(=O)[O-].NCCNCCN.NCCNCCN.[Ca+2].[Ca+2].[Ca+2].[Ca+2].[Ca+2]. The summed E-state index contributed by atoms with van der Waals surface area (Å²) < 4.78 is 0. The van der Waals surface area contributed by atoms with E-state index < -0.39 is 59.7 Å². The first-order valence-corrected chi connectivity index (χ1v) is 14.1. The van der Waals surface area contributed by atoms with Crippen LogP contribution in [0.1, 0.15) is 69.2 Å². The van der Waals surface area contributed by atoms with Gasteiger partial charge < -0.3 is 133 Å². The number of carbonyl (C=O) groups is 10. The van der Waals surface area contributed by atoms with Crippen LogP contribution in [-0.2, 0) is 47.9 Å². The number of rotatable bonds is 8. The Morgan fingerprint density at radius 1 is 0.271 bits per heavy atom. The molecule has 0 aliphatic rings. The molecule has 0 saturated carbocycles. The summed E-state index contributed by atoms with van der Waals surface area (Å²) in [5.41, 5.74) is 20.7. The van der Waals surface area contributed by atoms with Gasteiger partial charge in [0.15, 0.2) is 0 Å². The van der Waals surface area contributed by atoms with E-state index in [0.29, 0.717) is 26.2 Å². The van der Waals surface area contributed by atoms with E-state index in [1.165, 1.54) is 0 Å². The number of carbonyl (C=O) groups excluding carboxylic acids is 10. The maximum atomic E-state index is 8.89. The van der Waals surface area contributed by atoms with Gasteiger partial charge in [0.1, 0.15) is 0 Å². The standard InChI is InChI=1S/2C4H13N3.10C2H4O2.5Ca/c2*5-1-3-7-4-2-6;10*1-2(3)4;;;;;/h2*7H,1-6H2;10*1H3,(H,3,4);;;;;/q;;;;;;;;;;;;5*+2/p-10. The molecule has 0 rings (SSSR count). The maximum Gasteiger partial charge on any atom is 2.00 e. The summed E-state index contributed by atoms with van der Waals surface area (Å²) in [6.07, 6.45) is 0. The Labute approximate surface area is 494 Å². The summed E-state index contributed by atoms with van der Waals surface area (Å²) >= 11 is 0. The van der Waals surface area contributed by atoms with Gasteiger partial charge in [0, 0.05) is 112 Å². The van der Waals surface area contributed by atoms with Crippen molar-refractivity contribution in [2.24, 2.45) is 22.9 Å². The van der Waals surface area contributed by atoms with Crippen molar-refractivity contribution in [1.82, 2.24) is 10.6 Å². The van der Waals surface area contributed by atoms with Crippen LogP contribution in [0, 0.1) is 0 Å². The molecular weight excluding hydrogens is 941 g/mol. The summed E-state index contributed by atoms with van der Waals surface area (Å²) in [6.45, 7) is 16.0. The van der Waals surface area contributed by atoms with Crippen molar-refractivity contribution in [3.8, 4) is 0 Å². The van der Waals surface area contributed by atoms with Gasteiger partial charge in [0.05, 0.1) is 0 Å². The van der Waals surface area contributed by atoms with Crippen LogP contribution < -0.4 is 84.6 Å². The minimum Gasteiger partial charge on any atom is -0.550 e. The topological polar surface area (TPSA) is 529 Å². The number of carboxylic acid groups (broad SMARTS) is 10. The predicted molar refractivity (Wildman–Crippen MR) is 198 cm³/mol. The second kappa shape index (κ2) is 118. The van der Waals surface area contributed by atoms with Gasteiger partial charge in [-0.15, -0.1) is 0 Å². The second-order valence-electron chi connectivity index (χ2n) is 7.57. The van der Waals surface area contributed by atoms with Gasteiger partial charge in [-0.05, 0) is 69.2 Å².